The molecule has 178 valence electrons. The van der Waals surface area contributed by atoms with Crippen molar-refractivity contribution in [2.24, 2.45) is 0 Å². The quantitative estimate of drug-likeness (QED) is 0.232. The highest BCUT2D eigenvalue weighted by Crippen LogP contribution is 2.40. The number of rotatable bonds is 4. The standard InChI is InChI=1S/C34H20N2O2/c1-3-21(15-27(5-1)33-35-11-13-37-33)29-17-23-7-9-25-19-30(20-26-10-8-24(18-29)31(23)32(25)26)22-4-2-6-28(16-22)34-36-12-14-38-34/h1-20H. The zero-order chi connectivity index (χ0) is 25.1. The van der Waals surface area contributed by atoms with Crippen LogP contribution in [-0.2, 0) is 0 Å². The summed E-state index contributed by atoms with van der Waals surface area (Å²) in [6, 6.07) is 34.8. The van der Waals surface area contributed by atoms with Gasteiger partial charge < -0.3 is 8.83 Å². The molecule has 8 aromatic rings. The fourth-order valence-corrected chi connectivity index (χ4v) is 5.57. The summed E-state index contributed by atoms with van der Waals surface area (Å²) in [5.41, 5.74) is 6.56. The molecule has 0 bridgehead atoms. The molecule has 0 N–H and O–H groups in total. The monoisotopic (exact) mass is 488 g/mol. The Labute approximate surface area is 218 Å². The molecule has 2 heterocycles. The summed E-state index contributed by atoms with van der Waals surface area (Å²) < 4.78 is 11.0. The number of oxazole rings is 2. The second kappa shape index (κ2) is 8.15. The van der Waals surface area contributed by atoms with Crippen molar-refractivity contribution < 1.29 is 8.83 Å². The molecular formula is C34H20N2O2. The molecule has 6 aromatic carbocycles. The van der Waals surface area contributed by atoms with Gasteiger partial charge in [-0.15, -0.1) is 0 Å². The molecule has 38 heavy (non-hydrogen) atoms. The van der Waals surface area contributed by atoms with Crippen LogP contribution < -0.4 is 0 Å². The lowest BCUT2D eigenvalue weighted by Gasteiger charge is -2.15. The molecule has 0 aliphatic rings. The highest BCUT2D eigenvalue weighted by Gasteiger charge is 2.13. The van der Waals surface area contributed by atoms with E-state index in [0.29, 0.717) is 11.8 Å². The fraction of sp³-hybridized carbons (Fsp3) is 0. The number of hydrogen-bond acceptors (Lipinski definition) is 4. The Balaban J connectivity index is 1.27. The van der Waals surface area contributed by atoms with E-state index in [1.54, 1.807) is 24.9 Å². The lowest BCUT2D eigenvalue weighted by molar-refractivity contribution is 0.574. The van der Waals surface area contributed by atoms with Gasteiger partial charge in [-0.2, -0.15) is 0 Å². The first-order valence-electron chi connectivity index (χ1n) is 12.5. The van der Waals surface area contributed by atoms with Crippen LogP contribution in [0.25, 0.3) is 77.5 Å². The second-order valence-corrected chi connectivity index (χ2v) is 9.56. The third-order valence-corrected chi connectivity index (χ3v) is 7.28. The minimum atomic E-state index is 0.631. The van der Waals surface area contributed by atoms with E-state index >= 15 is 0 Å². The number of benzene rings is 6. The summed E-state index contributed by atoms with van der Waals surface area (Å²) in [4.78, 5) is 8.62. The van der Waals surface area contributed by atoms with Crippen LogP contribution in [-0.4, -0.2) is 9.97 Å². The molecule has 0 aliphatic heterocycles. The summed E-state index contributed by atoms with van der Waals surface area (Å²) >= 11 is 0. The first-order valence-corrected chi connectivity index (χ1v) is 12.5. The molecule has 0 spiro atoms. The molecule has 0 saturated heterocycles. The zero-order valence-corrected chi connectivity index (χ0v) is 20.3. The zero-order valence-electron chi connectivity index (χ0n) is 20.3. The Morgan fingerprint density at radius 3 is 1.16 bits per heavy atom. The largest absolute Gasteiger partial charge is 0.445 e. The van der Waals surface area contributed by atoms with Crippen LogP contribution in [0.5, 0.6) is 0 Å². The third kappa shape index (κ3) is 3.31. The van der Waals surface area contributed by atoms with Gasteiger partial charge in [-0.1, -0.05) is 48.5 Å². The molecule has 2 aromatic heterocycles. The number of nitrogens with zero attached hydrogens (tertiary/aromatic N) is 2. The highest BCUT2D eigenvalue weighted by molar-refractivity contribution is 6.24. The maximum Gasteiger partial charge on any atom is 0.225 e. The SMILES string of the molecule is c1cc(-c2cc3ccc4cc(-c5cccc(-c6ncco6)c5)cc5ccc(c2)c3c45)cc(-c2ncco2)c1. The molecule has 0 radical (unpaired) electrons. The number of hydrogen-bond donors (Lipinski definition) is 0. The normalized spacial score (nSPS) is 11.7. The molecule has 0 atom stereocenters. The van der Waals surface area contributed by atoms with Crippen LogP contribution in [0.2, 0.25) is 0 Å². The first kappa shape index (κ1) is 20.9. The number of aromatic nitrogens is 2. The van der Waals surface area contributed by atoms with Crippen molar-refractivity contribution in [3.05, 3.63) is 122 Å². The van der Waals surface area contributed by atoms with Gasteiger partial charge in [0, 0.05) is 11.1 Å². The van der Waals surface area contributed by atoms with E-state index in [9.17, 15) is 0 Å². The third-order valence-electron chi connectivity index (χ3n) is 7.28. The van der Waals surface area contributed by atoms with E-state index in [-0.39, 0.29) is 0 Å². The van der Waals surface area contributed by atoms with Crippen LogP contribution in [0.4, 0.5) is 0 Å². The lowest BCUT2D eigenvalue weighted by Crippen LogP contribution is -1.88. The maximum atomic E-state index is 5.52. The van der Waals surface area contributed by atoms with Gasteiger partial charge in [0.1, 0.15) is 12.5 Å². The maximum absolute atomic E-state index is 5.52. The second-order valence-electron chi connectivity index (χ2n) is 9.56. The Hall–Kier alpha value is -5.22. The predicted octanol–water partition coefficient (Wildman–Crippen LogP) is 9.23. The van der Waals surface area contributed by atoms with Gasteiger partial charge in [-0.3, -0.25) is 0 Å². The predicted molar refractivity (Wildman–Crippen MR) is 152 cm³/mol. The average molecular weight is 489 g/mol. The molecule has 4 heteroatoms. The van der Waals surface area contributed by atoms with Gasteiger partial charge in [-0.05, 0) is 103 Å². The van der Waals surface area contributed by atoms with Crippen molar-refractivity contribution in [3.63, 3.8) is 0 Å². The van der Waals surface area contributed by atoms with Crippen LogP contribution in [0.3, 0.4) is 0 Å². The summed E-state index contributed by atoms with van der Waals surface area (Å²) in [7, 11) is 0. The Kier molecular flexibility index (Phi) is 4.49. The molecule has 4 nitrogen and oxygen atoms in total. The van der Waals surface area contributed by atoms with Gasteiger partial charge in [0.25, 0.3) is 0 Å². The minimum Gasteiger partial charge on any atom is -0.445 e. The van der Waals surface area contributed by atoms with E-state index in [4.69, 9.17) is 8.83 Å². The van der Waals surface area contributed by atoms with E-state index in [1.807, 2.05) is 12.1 Å². The summed E-state index contributed by atoms with van der Waals surface area (Å²) in [5, 5.41) is 7.53. The topological polar surface area (TPSA) is 52.1 Å². The molecule has 0 fully saturated rings. The fourth-order valence-electron chi connectivity index (χ4n) is 5.57. The van der Waals surface area contributed by atoms with E-state index < -0.39 is 0 Å². The van der Waals surface area contributed by atoms with Gasteiger partial charge >= 0.3 is 0 Å². The van der Waals surface area contributed by atoms with Crippen molar-refractivity contribution in [2.45, 2.75) is 0 Å². The van der Waals surface area contributed by atoms with E-state index in [1.165, 1.54) is 43.4 Å². The average Bonchev–Trinajstić information content (AvgIpc) is 3.71. The van der Waals surface area contributed by atoms with Crippen LogP contribution in [0.1, 0.15) is 0 Å². The van der Waals surface area contributed by atoms with Gasteiger partial charge in [0.15, 0.2) is 0 Å². The van der Waals surface area contributed by atoms with E-state index in [0.717, 1.165) is 22.3 Å². The molecule has 0 unspecified atom stereocenters. The summed E-state index contributed by atoms with van der Waals surface area (Å²) in [5.74, 6) is 1.26. The summed E-state index contributed by atoms with van der Waals surface area (Å²) in [6.07, 6.45) is 6.56. The van der Waals surface area contributed by atoms with Crippen molar-refractivity contribution in [3.8, 4) is 45.2 Å². The Morgan fingerprint density at radius 1 is 0.395 bits per heavy atom. The molecule has 0 aliphatic carbocycles. The van der Waals surface area contributed by atoms with Crippen molar-refractivity contribution in [2.75, 3.05) is 0 Å². The summed E-state index contributed by atoms with van der Waals surface area (Å²) in [6.45, 7) is 0. The molecule has 8 rings (SSSR count). The van der Waals surface area contributed by atoms with Crippen LogP contribution in [0.15, 0.2) is 131 Å². The molecule has 0 amide bonds. The van der Waals surface area contributed by atoms with Crippen molar-refractivity contribution in [1.82, 2.24) is 9.97 Å². The first-order chi connectivity index (χ1) is 18.8. The van der Waals surface area contributed by atoms with Crippen LogP contribution >= 0.6 is 0 Å². The van der Waals surface area contributed by atoms with Gasteiger partial charge in [0.05, 0.1) is 12.4 Å². The minimum absolute atomic E-state index is 0.631. The molecule has 0 saturated carbocycles. The Morgan fingerprint density at radius 2 is 0.789 bits per heavy atom. The highest BCUT2D eigenvalue weighted by atomic mass is 16.3. The van der Waals surface area contributed by atoms with Gasteiger partial charge in [-0.25, -0.2) is 9.97 Å². The van der Waals surface area contributed by atoms with Crippen molar-refractivity contribution >= 4 is 32.3 Å². The molecular weight excluding hydrogens is 468 g/mol. The van der Waals surface area contributed by atoms with Crippen LogP contribution in [0, 0.1) is 0 Å². The van der Waals surface area contributed by atoms with Gasteiger partial charge in [0.2, 0.25) is 11.8 Å². The lowest BCUT2D eigenvalue weighted by atomic mass is 9.89. The smallest absolute Gasteiger partial charge is 0.225 e. The Bertz CT molecular complexity index is 1860. The van der Waals surface area contributed by atoms with Crippen molar-refractivity contribution in [1.29, 1.82) is 0 Å². The van der Waals surface area contributed by atoms with E-state index in [2.05, 4.69) is 94.9 Å².